The van der Waals surface area contributed by atoms with Crippen molar-refractivity contribution < 1.29 is 0 Å². The second-order valence-corrected chi connectivity index (χ2v) is 3.88. The third kappa shape index (κ3) is 3.13. The molecule has 0 fully saturated rings. The minimum absolute atomic E-state index is 0.479. The molecule has 13 heavy (non-hydrogen) atoms. The monoisotopic (exact) mass is 195 g/mol. The van der Waals surface area contributed by atoms with Crippen molar-refractivity contribution in [3.8, 4) is 6.07 Å². The second kappa shape index (κ2) is 4.95. The summed E-state index contributed by atoms with van der Waals surface area (Å²) in [6.07, 6.45) is 0. The number of nitriles is 1. The van der Waals surface area contributed by atoms with Gasteiger partial charge in [-0.05, 0) is 13.5 Å². The van der Waals surface area contributed by atoms with Gasteiger partial charge in [0.2, 0.25) is 0 Å². The molecule has 0 aliphatic carbocycles. The molecule has 1 aromatic heterocycles. The summed E-state index contributed by atoms with van der Waals surface area (Å²) in [5.74, 6) is 0. The molecule has 3 nitrogen and oxygen atoms in total. The molecule has 0 unspecified atom stereocenters. The minimum Gasteiger partial charge on any atom is -0.285 e. The van der Waals surface area contributed by atoms with Gasteiger partial charge < -0.3 is 0 Å². The Labute approximate surface area is 82.6 Å². The fourth-order valence-corrected chi connectivity index (χ4v) is 1.69. The summed E-state index contributed by atoms with van der Waals surface area (Å²) in [5, 5.41) is 11.7. The van der Waals surface area contributed by atoms with Gasteiger partial charge in [-0.2, -0.15) is 5.26 Å². The van der Waals surface area contributed by atoms with E-state index in [9.17, 15) is 0 Å². The topological polar surface area (TPSA) is 39.9 Å². The molecule has 0 saturated carbocycles. The molecule has 0 atom stereocenters. The van der Waals surface area contributed by atoms with Crippen LogP contribution in [0, 0.1) is 18.3 Å². The zero-order chi connectivity index (χ0) is 9.68. The predicted octanol–water partition coefficient (Wildman–Crippen LogP) is 1.80. The van der Waals surface area contributed by atoms with Gasteiger partial charge in [0.05, 0.1) is 23.3 Å². The van der Waals surface area contributed by atoms with Gasteiger partial charge in [-0.3, -0.25) is 4.90 Å². The lowest BCUT2D eigenvalue weighted by atomic mass is 10.4. The van der Waals surface area contributed by atoms with E-state index in [1.165, 1.54) is 0 Å². The van der Waals surface area contributed by atoms with Gasteiger partial charge in [0, 0.05) is 11.9 Å². The largest absolute Gasteiger partial charge is 0.285 e. The smallest absolute Gasteiger partial charge is 0.0897 e. The molecule has 70 valence electrons. The first kappa shape index (κ1) is 10.2. The second-order valence-electron chi connectivity index (χ2n) is 2.82. The van der Waals surface area contributed by atoms with Gasteiger partial charge in [-0.25, -0.2) is 4.98 Å². The van der Waals surface area contributed by atoms with Crippen LogP contribution in [0.25, 0.3) is 0 Å². The van der Waals surface area contributed by atoms with E-state index >= 15 is 0 Å². The van der Waals surface area contributed by atoms with Crippen LogP contribution >= 0.6 is 11.3 Å². The number of thiazole rings is 1. The Morgan fingerprint density at radius 1 is 1.69 bits per heavy atom. The summed E-state index contributed by atoms with van der Waals surface area (Å²) in [5.41, 5.74) is 1.07. The molecule has 0 aliphatic rings. The van der Waals surface area contributed by atoms with Crippen molar-refractivity contribution in [3.63, 3.8) is 0 Å². The van der Waals surface area contributed by atoms with Crippen LogP contribution in [0.15, 0.2) is 5.38 Å². The SMILES string of the molecule is CCN(CC#N)Cc1csc(C)n1. The molecule has 0 saturated heterocycles. The van der Waals surface area contributed by atoms with Crippen molar-refractivity contribution in [2.24, 2.45) is 0 Å². The summed E-state index contributed by atoms with van der Waals surface area (Å²) < 4.78 is 0. The van der Waals surface area contributed by atoms with Crippen LogP contribution in [0.4, 0.5) is 0 Å². The van der Waals surface area contributed by atoms with Gasteiger partial charge in [0.1, 0.15) is 0 Å². The summed E-state index contributed by atoms with van der Waals surface area (Å²) in [6, 6.07) is 2.15. The number of hydrogen-bond donors (Lipinski definition) is 0. The molecular weight excluding hydrogens is 182 g/mol. The molecule has 0 aliphatic heterocycles. The van der Waals surface area contributed by atoms with Gasteiger partial charge in [-0.15, -0.1) is 11.3 Å². The van der Waals surface area contributed by atoms with Crippen LogP contribution in [-0.2, 0) is 6.54 Å². The maximum absolute atomic E-state index is 8.54. The fourth-order valence-electron chi connectivity index (χ4n) is 1.09. The van der Waals surface area contributed by atoms with E-state index in [0.717, 1.165) is 23.8 Å². The lowest BCUT2D eigenvalue weighted by Gasteiger charge is -2.14. The number of rotatable bonds is 4. The van der Waals surface area contributed by atoms with Crippen LogP contribution in [-0.4, -0.2) is 23.0 Å². The molecule has 1 aromatic rings. The van der Waals surface area contributed by atoms with Crippen LogP contribution in [0.3, 0.4) is 0 Å². The highest BCUT2D eigenvalue weighted by Gasteiger charge is 2.04. The van der Waals surface area contributed by atoms with Crippen molar-refractivity contribution in [2.45, 2.75) is 20.4 Å². The lowest BCUT2D eigenvalue weighted by Crippen LogP contribution is -2.23. The standard InChI is InChI=1S/C9H13N3S/c1-3-12(5-4-10)6-9-7-13-8(2)11-9/h7H,3,5-6H2,1-2H3. The van der Waals surface area contributed by atoms with Gasteiger partial charge in [-0.1, -0.05) is 6.92 Å². The van der Waals surface area contributed by atoms with Crippen molar-refractivity contribution in [3.05, 3.63) is 16.1 Å². The highest BCUT2D eigenvalue weighted by atomic mass is 32.1. The average molecular weight is 195 g/mol. The molecule has 0 radical (unpaired) electrons. The van der Waals surface area contributed by atoms with Gasteiger partial charge in [0.15, 0.2) is 0 Å². The van der Waals surface area contributed by atoms with Crippen LogP contribution in [0.5, 0.6) is 0 Å². The third-order valence-electron chi connectivity index (χ3n) is 1.79. The summed E-state index contributed by atoms with van der Waals surface area (Å²) in [6.45, 7) is 6.21. The Morgan fingerprint density at radius 2 is 2.46 bits per heavy atom. The molecule has 0 N–H and O–H groups in total. The maximum Gasteiger partial charge on any atom is 0.0897 e. The summed E-state index contributed by atoms with van der Waals surface area (Å²) in [7, 11) is 0. The van der Waals surface area contributed by atoms with E-state index in [1.807, 2.05) is 6.92 Å². The summed E-state index contributed by atoms with van der Waals surface area (Å²) in [4.78, 5) is 6.41. The van der Waals surface area contributed by atoms with Crippen LogP contribution < -0.4 is 0 Å². The van der Waals surface area contributed by atoms with E-state index in [-0.39, 0.29) is 0 Å². The quantitative estimate of drug-likeness (QED) is 0.688. The van der Waals surface area contributed by atoms with Crippen molar-refractivity contribution in [1.82, 2.24) is 9.88 Å². The van der Waals surface area contributed by atoms with E-state index in [2.05, 4.69) is 28.3 Å². The molecule has 0 amide bonds. The molecule has 0 bridgehead atoms. The van der Waals surface area contributed by atoms with E-state index < -0.39 is 0 Å². The van der Waals surface area contributed by atoms with Gasteiger partial charge >= 0.3 is 0 Å². The number of aryl methyl sites for hydroxylation is 1. The third-order valence-corrected chi connectivity index (χ3v) is 2.62. The average Bonchev–Trinajstić information content (AvgIpc) is 2.50. The Morgan fingerprint density at radius 3 is 2.92 bits per heavy atom. The molecule has 4 heteroatoms. The van der Waals surface area contributed by atoms with Crippen molar-refractivity contribution in [2.75, 3.05) is 13.1 Å². The fraction of sp³-hybridized carbons (Fsp3) is 0.556. The first-order valence-electron chi connectivity index (χ1n) is 4.26. The number of nitrogens with zero attached hydrogens (tertiary/aromatic N) is 3. The minimum atomic E-state index is 0.479. The van der Waals surface area contributed by atoms with Gasteiger partial charge in [0.25, 0.3) is 0 Å². The molecular formula is C9H13N3S. The van der Waals surface area contributed by atoms with E-state index in [4.69, 9.17) is 5.26 Å². The van der Waals surface area contributed by atoms with E-state index in [1.54, 1.807) is 11.3 Å². The molecule has 1 heterocycles. The Kier molecular flexibility index (Phi) is 3.87. The number of aromatic nitrogens is 1. The first-order chi connectivity index (χ1) is 6.26. The highest BCUT2D eigenvalue weighted by molar-refractivity contribution is 7.09. The van der Waals surface area contributed by atoms with E-state index in [0.29, 0.717) is 6.54 Å². The van der Waals surface area contributed by atoms with Crippen LogP contribution in [0.1, 0.15) is 17.6 Å². The highest BCUT2D eigenvalue weighted by Crippen LogP contribution is 2.09. The summed E-state index contributed by atoms with van der Waals surface area (Å²) >= 11 is 1.65. The van der Waals surface area contributed by atoms with Crippen LogP contribution in [0.2, 0.25) is 0 Å². The first-order valence-corrected chi connectivity index (χ1v) is 5.14. The zero-order valence-electron chi connectivity index (χ0n) is 7.95. The predicted molar refractivity (Wildman–Crippen MR) is 53.4 cm³/mol. The number of hydrogen-bond acceptors (Lipinski definition) is 4. The van der Waals surface area contributed by atoms with Crippen molar-refractivity contribution in [1.29, 1.82) is 5.26 Å². The van der Waals surface area contributed by atoms with Crippen molar-refractivity contribution >= 4 is 11.3 Å². The zero-order valence-corrected chi connectivity index (χ0v) is 8.77. The lowest BCUT2D eigenvalue weighted by molar-refractivity contribution is 0.311. The molecule has 0 aromatic carbocycles. The molecule has 1 rings (SSSR count). The Hall–Kier alpha value is -0.920. The maximum atomic E-state index is 8.54. The molecule has 0 spiro atoms. The normalized spacial score (nSPS) is 10.3. The Bertz CT molecular complexity index is 300. The Balaban J connectivity index is 2.52.